The van der Waals surface area contributed by atoms with Crippen LogP contribution in [0.4, 0.5) is 0 Å². The van der Waals surface area contributed by atoms with Crippen molar-refractivity contribution in [3.8, 4) is 0 Å². The Balaban J connectivity index is 3.80. The molecule has 2 N–H and O–H groups in total. The fraction of sp³-hybridized carbons (Fsp3) is 0.600. The average molecular weight is 146 g/mol. The van der Waals surface area contributed by atoms with Gasteiger partial charge in [0.25, 0.3) is 5.91 Å². The molecule has 0 aliphatic carbocycles. The Labute approximate surface area is 58.7 Å². The second kappa shape index (κ2) is 4.89. The van der Waals surface area contributed by atoms with Gasteiger partial charge in [0.2, 0.25) is 6.41 Å². The van der Waals surface area contributed by atoms with E-state index in [2.05, 4.69) is 4.84 Å². The molecule has 0 radical (unpaired) electrons. The first-order valence-corrected chi connectivity index (χ1v) is 2.86. The number of hydrogen-bond acceptors (Lipinski definition) is 4. The van der Waals surface area contributed by atoms with Gasteiger partial charge in [0.05, 0.1) is 13.2 Å². The van der Waals surface area contributed by atoms with Crippen LogP contribution in [0.1, 0.15) is 6.92 Å². The molecule has 0 aliphatic rings. The van der Waals surface area contributed by atoms with Crippen LogP contribution in [0.25, 0.3) is 0 Å². The summed E-state index contributed by atoms with van der Waals surface area (Å²) < 4.78 is 0. The molecule has 0 aromatic rings. The zero-order valence-corrected chi connectivity index (χ0v) is 5.74. The summed E-state index contributed by atoms with van der Waals surface area (Å²) >= 11 is 0. The molecule has 0 atom stereocenters. The standard InChI is InChI=1S/C5H10N2O3/c1-2-10-7(4-8)5(9)3-6/h4H,2-3,6H2,1H3. The van der Waals surface area contributed by atoms with Crippen molar-refractivity contribution < 1.29 is 14.4 Å². The Kier molecular flexibility index (Phi) is 4.43. The molecule has 5 heteroatoms. The lowest BCUT2D eigenvalue weighted by Crippen LogP contribution is -2.34. The van der Waals surface area contributed by atoms with Crippen LogP contribution in [0.3, 0.4) is 0 Å². The molecular formula is C5H10N2O3. The molecule has 2 amide bonds. The minimum atomic E-state index is -0.545. The van der Waals surface area contributed by atoms with E-state index in [1.165, 1.54) is 0 Å². The Morgan fingerprint density at radius 2 is 2.40 bits per heavy atom. The lowest BCUT2D eigenvalue weighted by atomic mass is 10.6. The second-order valence-electron chi connectivity index (χ2n) is 1.45. The van der Waals surface area contributed by atoms with E-state index in [-0.39, 0.29) is 13.2 Å². The van der Waals surface area contributed by atoms with Gasteiger partial charge in [-0.3, -0.25) is 14.4 Å². The lowest BCUT2D eigenvalue weighted by molar-refractivity contribution is -0.183. The largest absolute Gasteiger partial charge is 0.322 e. The van der Waals surface area contributed by atoms with E-state index in [1.54, 1.807) is 6.92 Å². The van der Waals surface area contributed by atoms with Gasteiger partial charge in [-0.05, 0) is 6.92 Å². The van der Waals surface area contributed by atoms with Crippen molar-refractivity contribution in [3.63, 3.8) is 0 Å². The third-order valence-corrected chi connectivity index (χ3v) is 0.784. The number of hydroxylamine groups is 2. The molecule has 0 spiro atoms. The highest BCUT2D eigenvalue weighted by Crippen LogP contribution is 1.84. The number of hydrogen-bond donors (Lipinski definition) is 1. The first kappa shape index (κ1) is 9.06. The fourth-order valence-corrected chi connectivity index (χ4v) is 0.390. The summed E-state index contributed by atoms with van der Waals surface area (Å²) in [7, 11) is 0. The zero-order chi connectivity index (χ0) is 7.98. The number of imide groups is 1. The summed E-state index contributed by atoms with van der Waals surface area (Å²) in [5.74, 6) is -0.545. The summed E-state index contributed by atoms with van der Waals surface area (Å²) in [5.41, 5.74) is 4.95. The third-order valence-electron chi connectivity index (χ3n) is 0.784. The normalized spacial score (nSPS) is 9.00. The van der Waals surface area contributed by atoms with Crippen LogP contribution >= 0.6 is 0 Å². The molecule has 0 bridgehead atoms. The van der Waals surface area contributed by atoms with Gasteiger partial charge in [-0.15, -0.1) is 0 Å². The van der Waals surface area contributed by atoms with Gasteiger partial charge in [0, 0.05) is 0 Å². The monoisotopic (exact) mass is 146 g/mol. The van der Waals surface area contributed by atoms with Crippen LogP contribution in [0.5, 0.6) is 0 Å². The molecule has 0 unspecified atom stereocenters. The number of carbonyl (C=O) groups is 2. The van der Waals surface area contributed by atoms with E-state index in [4.69, 9.17) is 5.73 Å². The second-order valence-corrected chi connectivity index (χ2v) is 1.45. The predicted octanol–water partition coefficient (Wildman–Crippen LogP) is -1.12. The summed E-state index contributed by atoms with van der Waals surface area (Å²) in [6.07, 6.45) is 0.290. The minimum absolute atomic E-state index is 0.223. The molecule has 0 rings (SSSR count). The average Bonchev–Trinajstić information content (AvgIpc) is 1.99. The molecule has 0 aromatic heterocycles. The number of nitrogens with zero attached hydrogens (tertiary/aromatic N) is 1. The fourth-order valence-electron chi connectivity index (χ4n) is 0.390. The number of rotatable bonds is 4. The van der Waals surface area contributed by atoms with E-state index in [0.29, 0.717) is 11.5 Å². The topological polar surface area (TPSA) is 72.6 Å². The van der Waals surface area contributed by atoms with Gasteiger partial charge in [0.1, 0.15) is 0 Å². The highest BCUT2D eigenvalue weighted by molar-refractivity contribution is 5.85. The van der Waals surface area contributed by atoms with Gasteiger partial charge in [-0.25, -0.2) is 0 Å². The molecule has 0 saturated heterocycles. The molecule has 0 aromatic carbocycles. The predicted molar refractivity (Wildman–Crippen MR) is 33.6 cm³/mol. The highest BCUT2D eigenvalue weighted by Gasteiger charge is 2.08. The quantitative estimate of drug-likeness (QED) is 0.403. The van der Waals surface area contributed by atoms with Crippen LogP contribution in [0.15, 0.2) is 0 Å². The van der Waals surface area contributed by atoms with Crippen LogP contribution in [0.2, 0.25) is 0 Å². The van der Waals surface area contributed by atoms with Crippen molar-refractivity contribution in [3.05, 3.63) is 0 Å². The van der Waals surface area contributed by atoms with Crippen molar-refractivity contribution in [2.45, 2.75) is 6.92 Å². The van der Waals surface area contributed by atoms with E-state index in [9.17, 15) is 9.59 Å². The summed E-state index contributed by atoms with van der Waals surface area (Å²) in [5, 5.41) is 0.583. The zero-order valence-electron chi connectivity index (χ0n) is 5.74. The third kappa shape index (κ3) is 2.56. The maximum atomic E-state index is 10.6. The van der Waals surface area contributed by atoms with Gasteiger partial charge < -0.3 is 5.73 Å². The Morgan fingerprint density at radius 1 is 1.80 bits per heavy atom. The van der Waals surface area contributed by atoms with Gasteiger partial charge in [-0.1, -0.05) is 0 Å². The van der Waals surface area contributed by atoms with E-state index >= 15 is 0 Å². The molecule has 5 nitrogen and oxygen atoms in total. The molecular weight excluding hydrogens is 136 g/mol. The Morgan fingerprint density at radius 3 is 2.70 bits per heavy atom. The highest BCUT2D eigenvalue weighted by atomic mass is 16.7. The molecule has 0 heterocycles. The maximum absolute atomic E-state index is 10.6. The van der Waals surface area contributed by atoms with Gasteiger partial charge in [0.15, 0.2) is 0 Å². The van der Waals surface area contributed by atoms with E-state index in [0.717, 1.165) is 0 Å². The SMILES string of the molecule is CCON(C=O)C(=O)CN. The Bertz CT molecular complexity index is 126. The van der Waals surface area contributed by atoms with Crippen LogP contribution in [-0.2, 0) is 14.4 Å². The molecule has 0 saturated carbocycles. The van der Waals surface area contributed by atoms with Crippen molar-refractivity contribution in [1.29, 1.82) is 0 Å². The molecule has 0 fully saturated rings. The smallest absolute Gasteiger partial charge is 0.266 e. The first-order chi connectivity index (χ1) is 4.76. The van der Waals surface area contributed by atoms with Crippen molar-refractivity contribution >= 4 is 12.3 Å². The van der Waals surface area contributed by atoms with Crippen LogP contribution < -0.4 is 5.73 Å². The summed E-state index contributed by atoms with van der Waals surface area (Å²) in [6.45, 7) is 1.71. The summed E-state index contributed by atoms with van der Waals surface area (Å²) in [4.78, 5) is 25.2. The number of amides is 2. The lowest BCUT2D eigenvalue weighted by Gasteiger charge is -2.11. The number of nitrogens with two attached hydrogens (primary N) is 1. The molecule has 0 aliphatic heterocycles. The van der Waals surface area contributed by atoms with Crippen molar-refractivity contribution in [1.82, 2.24) is 5.06 Å². The maximum Gasteiger partial charge on any atom is 0.266 e. The van der Waals surface area contributed by atoms with Crippen LogP contribution in [-0.4, -0.2) is 30.5 Å². The van der Waals surface area contributed by atoms with Crippen molar-refractivity contribution in [2.24, 2.45) is 5.73 Å². The van der Waals surface area contributed by atoms with E-state index < -0.39 is 5.91 Å². The molecule has 58 valence electrons. The van der Waals surface area contributed by atoms with Crippen molar-refractivity contribution in [2.75, 3.05) is 13.2 Å². The first-order valence-electron chi connectivity index (χ1n) is 2.86. The summed E-state index contributed by atoms with van der Waals surface area (Å²) in [6, 6.07) is 0. The Hall–Kier alpha value is -0.940. The minimum Gasteiger partial charge on any atom is -0.322 e. The van der Waals surface area contributed by atoms with E-state index in [1.807, 2.05) is 0 Å². The molecule has 10 heavy (non-hydrogen) atoms. The van der Waals surface area contributed by atoms with Crippen LogP contribution in [0, 0.1) is 0 Å². The van der Waals surface area contributed by atoms with Gasteiger partial charge >= 0.3 is 0 Å². The van der Waals surface area contributed by atoms with Gasteiger partial charge in [-0.2, -0.15) is 5.06 Å². The number of carbonyl (C=O) groups excluding carboxylic acids is 2.